The first-order chi connectivity index (χ1) is 8.01. The minimum Gasteiger partial charge on any atom is -0.380 e. The molecule has 2 aliphatic heterocycles. The van der Waals surface area contributed by atoms with Crippen molar-refractivity contribution in [1.82, 2.24) is 4.31 Å². The van der Waals surface area contributed by atoms with Crippen molar-refractivity contribution in [2.75, 3.05) is 26.3 Å². The van der Waals surface area contributed by atoms with E-state index in [4.69, 9.17) is 10.5 Å². The van der Waals surface area contributed by atoms with E-state index in [1.165, 1.54) is 0 Å². The molecule has 5 nitrogen and oxygen atoms in total. The van der Waals surface area contributed by atoms with E-state index in [0.717, 1.165) is 19.3 Å². The minimum absolute atomic E-state index is 0.129. The summed E-state index contributed by atoms with van der Waals surface area (Å²) in [6, 6.07) is 0.129. The lowest BCUT2D eigenvalue weighted by atomic mass is 9.96. The molecule has 0 aromatic carbocycles. The molecular weight excluding hydrogens is 240 g/mol. The molecule has 100 valence electrons. The summed E-state index contributed by atoms with van der Waals surface area (Å²) in [4.78, 5) is 0. The van der Waals surface area contributed by atoms with Crippen LogP contribution in [0.5, 0.6) is 0 Å². The molecule has 3 unspecified atom stereocenters. The third-order valence-electron chi connectivity index (χ3n) is 3.83. The molecule has 0 bridgehead atoms. The van der Waals surface area contributed by atoms with Crippen molar-refractivity contribution in [2.45, 2.75) is 37.5 Å². The SMILES string of the molecule is CC1CN(S(=O)(=O)C2CCCOC2)CCC1N. The van der Waals surface area contributed by atoms with E-state index in [1.807, 2.05) is 6.92 Å². The number of ether oxygens (including phenoxy) is 1. The van der Waals surface area contributed by atoms with Gasteiger partial charge >= 0.3 is 0 Å². The van der Waals surface area contributed by atoms with E-state index in [-0.39, 0.29) is 17.2 Å². The highest BCUT2D eigenvalue weighted by Crippen LogP contribution is 2.24. The third kappa shape index (κ3) is 2.81. The van der Waals surface area contributed by atoms with E-state index < -0.39 is 10.0 Å². The summed E-state index contributed by atoms with van der Waals surface area (Å²) in [5.74, 6) is 0.239. The molecule has 2 saturated heterocycles. The quantitative estimate of drug-likeness (QED) is 0.769. The van der Waals surface area contributed by atoms with Gasteiger partial charge in [0.15, 0.2) is 0 Å². The van der Waals surface area contributed by atoms with Gasteiger partial charge < -0.3 is 10.5 Å². The first-order valence-corrected chi connectivity index (χ1v) is 7.84. The van der Waals surface area contributed by atoms with Crippen LogP contribution in [0.15, 0.2) is 0 Å². The second-order valence-electron chi connectivity index (χ2n) is 5.17. The van der Waals surface area contributed by atoms with Crippen LogP contribution >= 0.6 is 0 Å². The van der Waals surface area contributed by atoms with Crippen molar-refractivity contribution in [3.63, 3.8) is 0 Å². The maximum Gasteiger partial charge on any atom is 0.219 e. The maximum atomic E-state index is 12.4. The predicted molar refractivity (Wildman–Crippen MR) is 66.1 cm³/mol. The molecule has 0 radical (unpaired) electrons. The van der Waals surface area contributed by atoms with Gasteiger partial charge in [-0.3, -0.25) is 0 Å². The zero-order chi connectivity index (χ0) is 12.5. The van der Waals surface area contributed by atoms with Gasteiger partial charge in [0, 0.05) is 25.7 Å². The topological polar surface area (TPSA) is 72.6 Å². The molecule has 0 aliphatic carbocycles. The van der Waals surface area contributed by atoms with Crippen LogP contribution in [0.3, 0.4) is 0 Å². The normalized spacial score (nSPS) is 36.9. The summed E-state index contributed by atoms with van der Waals surface area (Å²) in [7, 11) is -3.19. The average molecular weight is 262 g/mol. The van der Waals surface area contributed by atoms with E-state index >= 15 is 0 Å². The third-order valence-corrected chi connectivity index (χ3v) is 6.10. The number of nitrogens with zero attached hydrogens (tertiary/aromatic N) is 1. The van der Waals surface area contributed by atoms with Crippen molar-refractivity contribution in [1.29, 1.82) is 0 Å². The number of rotatable bonds is 2. The number of hydrogen-bond donors (Lipinski definition) is 1. The Morgan fingerprint density at radius 3 is 2.71 bits per heavy atom. The van der Waals surface area contributed by atoms with Gasteiger partial charge in [0.1, 0.15) is 0 Å². The Balaban J connectivity index is 2.04. The Morgan fingerprint density at radius 1 is 1.35 bits per heavy atom. The lowest BCUT2D eigenvalue weighted by Gasteiger charge is -2.37. The van der Waals surface area contributed by atoms with Crippen LogP contribution in [0, 0.1) is 5.92 Å². The van der Waals surface area contributed by atoms with Crippen LogP contribution in [0.1, 0.15) is 26.2 Å². The summed E-state index contributed by atoms with van der Waals surface area (Å²) < 4.78 is 31.7. The van der Waals surface area contributed by atoms with Crippen molar-refractivity contribution in [3.8, 4) is 0 Å². The zero-order valence-electron chi connectivity index (χ0n) is 10.3. The van der Waals surface area contributed by atoms with Gasteiger partial charge in [-0.2, -0.15) is 0 Å². The predicted octanol–water partition coefficient (Wildman–Crippen LogP) is 0.164. The molecule has 17 heavy (non-hydrogen) atoms. The Hall–Kier alpha value is -0.170. The largest absolute Gasteiger partial charge is 0.380 e. The monoisotopic (exact) mass is 262 g/mol. The van der Waals surface area contributed by atoms with Gasteiger partial charge in [0.25, 0.3) is 0 Å². The highest BCUT2D eigenvalue weighted by molar-refractivity contribution is 7.89. The smallest absolute Gasteiger partial charge is 0.219 e. The molecule has 0 spiro atoms. The molecule has 2 rings (SSSR count). The fourth-order valence-corrected chi connectivity index (χ4v) is 4.47. The molecule has 2 N–H and O–H groups in total. The first kappa shape index (κ1) is 13.3. The van der Waals surface area contributed by atoms with E-state index in [9.17, 15) is 8.42 Å². The molecule has 0 saturated carbocycles. The number of sulfonamides is 1. The lowest BCUT2D eigenvalue weighted by molar-refractivity contribution is 0.0966. The Kier molecular flexibility index (Phi) is 4.07. The Labute approximate surface area is 103 Å². The molecule has 0 aromatic heterocycles. The van der Waals surface area contributed by atoms with Crippen molar-refractivity contribution in [3.05, 3.63) is 0 Å². The van der Waals surface area contributed by atoms with Crippen molar-refractivity contribution < 1.29 is 13.2 Å². The molecule has 0 aromatic rings. The van der Waals surface area contributed by atoms with Crippen LogP contribution in [0.25, 0.3) is 0 Å². The van der Waals surface area contributed by atoms with Gasteiger partial charge in [-0.1, -0.05) is 6.92 Å². The Morgan fingerprint density at radius 2 is 2.12 bits per heavy atom. The molecule has 6 heteroatoms. The fraction of sp³-hybridized carbons (Fsp3) is 1.00. The fourth-order valence-electron chi connectivity index (χ4n) is 2.51. The van der Waals surface area contributed by atoms with Gasteiger partial charge in [0.05, 0.1) is 11.9 Å². The second kappa shape index (κ2) is 5.22. The standard InChI is InChI=1S/C11H22N2O3S/c1-9-7-13(5-4-11(9)12)17(14,15)10-3-2-6-16-8-10/h9-11H,2-8,12H2,1H3. The van der Waals surface area contributed by atoms with Crippen LogP contribution in [-0.2, 0) is 14.8 Å². The van der Waals surface area contributed by atoms with E-state index in [0.29, 0.717) is 26.3 Å². The average Bonchev–Trinajstić information content (AvgIpc) is 2.33. The minimum atomic E-state index is -3.19. The van der Waals surface area contributed by atoms with Gasteiger partial charge in [-0.25, -0.2) is 12.7 Å². The zero-order valence-corrected chi connectivity index (χ0v) is 11.2. The first-order valence-electron chi connectivity index (χ1n) is 6.34. The van der Waals surface area contributed by atoms with Crippen LogP contribution in [-0.4, -0.2) is 50.3 Å². The number of piperidine rings is 1. The number of nitrogens with two attached hydrogens (primary N) is 1. The maximum absolute atomic E-state index is 12.4. The summed E-state index contributed by atoms with van der Waals surface area (Å²) in [6.07, 6.45) is 2.32. The van der Waals surface area contributed by atoms with Crippen LogP contribution in [0.4, 0.5) is 0 Å². The van der Waals surface area contributed by atoms with Gasteiger partial charge in [0.2, 0.25) is 10.0 Å². The molecular formula is C11H22N2O3S. The van der Waals surface area contributed by atoms with E-state index in [1.54, 1.807) is 4.31 Å². The molecule has 2 heterocycles. The van der Waals surface area contributed by atoms with Crippen molar-refractivity contribution >= 4 is 10.0 Å². The molecule has 2 fully saturated rings. The molecule has 2 aliphatic rings. The highest BCUT2D eigenvalue weighted by Gasteiger charge is 2.37. The second-order valence-corrected chi connectivity index (χ2v) is 7.38. The summed E-state index contributed by atoms with van der Waals surface area (Å²) >= 11 is 0. The van der Waals surface area contributed by atoms with Crippen LogP contribution in [0.2, 0.25) is 0 Å². The Bertz CT molecular complexity index is 352. The molecule has 3 atom stereocenters. The van der Waals surface area contributed by atoms with Gasteiger partial charge in [-0.05, 0) is 25.2 Å². The van der Waals surface area contributed by atoms with Crippen LogP contribution < -0.4 is 5.73 Å². The number of hydrogen-bond acceptors (Lipinski definition) is 4. The molecule has 0 amide bonds. The summed E-state index contributed by atoms with van der Waals surface area (Å²) in [6.45, 7) is 4.17. The highest BCUT2D eigenvalue weighted by atomic mass is 32.2. The lowest BCUT2D eigenvalue weighted by Crippen LogP contribution is -2.51. The summed E-state index contributed by atoms with van der Waals surface area (Å²) in [5.41, 5.74) is 5.92. The van der Waals surface area contributed by atoms with E-state index in [2.05, 4.69) is 0 Å². The van der Waals surface area contributed by atoms with Gasteiger partial charge in [-0.15, -0.1) is 0 Å². The summed E-state index contributed by atoms with van der Waals surface area (Å²) in [5, 5.41) is -0.349. The van der Waals surface area contributed by atoms with Crippen molar-refractivity contribution in [2.24, 2.45) is 11.7 Å².